The summed E-state index contributed by atoms with van der Waals surface area (Å²) in [6, 6.07) is 7.54. The Morgan fingerprint density at radius 1 is 1.20 bits per heavy atom. The molecule has 2 aromatic rings. The summed E-state index contributed by atoms with van der Waals surface area (Å²) in [7, 11) is 1.62. The van der Waals surface area contributed by atoms with E-state index in [2.05, 4.69) is 9.97 Å². The quantitative estimate of drug-likeness (QED) is 0.801. The number of H-pyrrole nitrogens is 1. The molecule has 2 rings (SSSR count). The number of benzene rings is 1. The van der Waals surface area contributed by atoms with Crippen molar-refractivity contribution in [2.24, 2.45) is 0 Å². The highest BCUT2D eigenvalue weighted by molar-refractivity contribution is 5.62. The Hall–Kier alpha value is -2.10. The number of hydrogen-bond donors (Lipinski definition) is 1. The van der Waals surface area contributed by atoms with Gasteiger partial charge in [-0.25, -0.2) is 9.78 Å². The summed E-state index contributed by atoms with van der Waals surface area (Å²) in [6.07, 6.45) is 3.18. The van der Waals surface area contributed by atoms with Gasteiger partial charge in [-0.1, -0.05) is 12.1 Å². The third kappa shape index (κ3) is 2.04. The van der Waals surface area contributed by atoms with E-state index < -0.39 is 0 Å². The van der Waals surface area contributed by atoms with Crippen molar-refractivity contribution in [1.82, 2.24) is 9.97 Å². The van der Waals surface area contributed by atoms with Crippen LogP contribution in [-0.4, -0.2) is 17.1 Å². The van der Waals surface area contributed by atoms with Gasteiger partial charge in [0.15, 0.2) is 0 Å². The molecule has 76 valence electrons. The van der Waals surface area contributed by atoms with Crippen LogP contribution >= 0.6 is 0 Å². The number of hydrogen-bond acceptors (Lipinski definition) is 3. The van der Waals surface area contributed by atoms with Crippen LogP contribution in [0, 0.1) is 0 Å². The van der Waals surface area contributed by atoms with E-state index in [1.165, 1.54) is 0 Å². The van der Waals surface area contributed by atoms with Crippen LogP contribution in [0.2, 0.25) is 0 Å². The van der Waals surface area contributed by atoms with E-state index in [4.69, 9.17) is 4.74 Å². The van der Waals surface area contributed by atoms with Gasteiger partial charge in [0, 0.05) is 18.0 Å². The third-order valence-corrected chi connectivity index (χ3v) is 2.10. The fourth-order valence-corrected chi connectivity index (χ4v) is 1.28. The molecule has 0 aliphatic heterocycles. The highest BCUT2D eigenvalue weighted by Gasteiger charge is 1.98. The summed E-state index contributed by atoms with van der Waals surface area (Å²) in [5.41, 5.74) is 1.52. The summed E-state index contributed by atoms with van der Waals surface area (Å²) in [5.74, 6) is 0.802. The Bertz CT molecular complexity index is 482. The Balaban J connectivity index is 2.37. The number of nitrogens with one attached hydrogen (secondary N) is 1. The topological polar surface area (TPSA) is 55.0 Å². The maximum atomic E-state index is 10.8. The van der Waals surface area contributed by atoms with Gasteiger partial charge in [0.25, 0.3) is 0 Å². The standard InChI is InChI=1S/C11H10N2O2/c1-15-10-4-2-8(3-5-10)9-6-12-11(14)13-7-9/h2-7H,1H3,(H,12,13,14). The molecule has 1 aromatic carbocycles. The Kier molecular flexibility index (Phi) is 2.49. The number of nitrogens with zero attached hydrogens (tertiary/aromatic N) is 1. The van der Waals surface area contributed by atoms with Gasteiger partial charge < -0.3 is 9.72 Å². The third-order valence-electron chi connectivity index (χ3n) is 2.10. The molecule has 0 amide bonds. The first-order valence-corrected chi connectivity index (χ1v) is 4.49. The fourth-order valence-electron chi connectivity index (χ4n) is 1.28. The van der Waals surface area contributed by atoms with Gasteiger partial charge in [0.05, 0.1) is 7.11 Å². The molecule has 1 N–H and O–H groups in total. The number of ether oxygens (including phenoxy) is 1. The van der Waals surface area contributed by atoms with E-state index in [-0.39, 0.29) is 5.69 Å². The minimum absolute atomic E-state index is 0.340. The predicted octanol–water partition coefficient (Wildman–Crippen LogP) is 1.45. The molecule has 1 aromatic heterocycles. The van der Waals surface area contributed by atoms with Crippen molar-refractivity contribution in [2.75, 3.05) is 7.11 Å². The van der Waals surface area contributed by atoms with E-state index in [9.17, 15) is 4.79 Å². The van der Waals surface area contributed by atoms with Crippen LogP contribution in [0.4, 0.5) is 0 Å². The van der Waals surface area contributed by atoms with Crippen molar-refractivity contribution in [3.05, 3.63) is 47.1 Å². The van der Waals surface area contributed by atoms with Crippen LogP contribution < -0.4 is 10.4 Å². The van der Waals surface area contributed by atoms with Crippen LogP contribution in [-0.2, 0) is 0 Å². The van der Waals surface area contributed by atoms with Crippen LogP contribution in [0.15, 0.2) is 41.5 Å². The molecule has 0 bridgehead atoms. The highest BCUT2D eigenvalue weighted by atomic mass is 16.5. The molecule has 0 aliphatic carbocycles. The second-order valence-corrected chi connectivity index (χ2v) is 3.04. The SMILES string of the molecule is COc1ccc(-c2cnc(=O)[nH]c2)cc1. The van der Waals surface area contributed by atoms with Gasteiger partial charge in [-0.05, 0) is 17.7 Å². The summed E-state index contributed by atoms with van der Waals surface area (Å²) in [5, 5.41) is 0. The number of methoxy groups -OCH3 is 1. The molecule has 0 radical (unpaired) electrons. The van der Waals surface area contributed by atoms with Gasteiger partial charge in [0.2, 0.25) is 0 Å². The minimum Gasteiger partial charge on any atom is -0.497 e. The van der Waals surface area contributed by atoms with Crippen molar-refractivity contribution in [1.29, 1.82) is 0 Å². The lowest BCUT2D eigenvalue weighted by atomic mass is 10.1. The zero-order chi connectivity index (χ0) is 10.7. The van der Waals surface area contributed by atoms with E-state index in [1.54, 1.807) is 19.5 Å². The van der Waals surface area contributed by atoms with Crippen molar-refractivity contribution < 1.29 is 4.74 Å². The van der Waals surface area contributed by atoms with E-state index in [1.807, 2.05) is 24.3 Å². The molecule has 0 aliphatic rings. The zero-order valence-corrected chi connectivity index (χ0v) is 8.23. The first kappa shape index (κ1) is 9.45. The van der Waals surface area contributed by atoms with Crippen molar-refractivity contribution in [2.45, 2.75) is 0 Å². The smallest absolute Gasteiger partial charge is 0.344 e. The number of rotatable bonds is 2. The van der Waals surface area contributed by atoms with E-state index in [0.717, 1.165) is 16.9 Å². The molecule has 0 unspecified atom stereocenters. The lowest BCUT2D eigenvalue weighted by Crippen LogP contribution is -2.07. The first-order valence-electron chi connectivity index (χ1n) is 4.49. The second kappa shape index (κ2) is 3.96. The summed E-state index contributed by atoms with van der Waals surface area (Å²) < 4.78 is 5.05. The molecule has 0 fully saturated rings. The Labute approximate surface area is 86.6 Å². The van der Waals surface area contributed by atoms with E-state index >= 15 is 0 Å². The van der Waals surface area contributed by atoms with Crippen LogP contribution in [0.3, 0.4) is 0 Å². The lowest BCUT2D eigenvalue weighted by Gasteiger charge is -2.02. The average molecular weight is 202 g/mol. The fraction of sp³-hybridized carbons (Fsp3) is 0.0909. The van der Waals surface area contributed by atoms with Crippen LogP contribution in [0.1, 0.15) is 0 Å². The van der Waals surface area contributed by atoms with Crippen molar-refractivity contribution in [3.63, 3.8) is 0 Å². The summed E-state index contributed by atoms with van der Waals surface area (Å²) in [4.78, 5) is 17.0. The van der Waals surface area contributed by atoms with Crippen molar-refractivity contribution >= 4 is 0 Å². The van der Waals surface area contributed by atoms with Crippen molar-refractivity contribution in [3.8, 4) is 16.9 Å². The van der Waals surface area contributed by atoms with E-state index in [0.29, 0.717) is 0 Å². The maximum absolute atomic E-state index is 10.8. The summed E-state index contributed by atoms with van der Waals surface area (Å²) in [6.45, 7) is 0. The monoisotopic (exact) mass is 202 g/mol. The molecule has 4 heteroatoms. The van der Waals surface area contributed by atoms with Gasteiger partial charge in [-0.3, -0.25) is 0 Å². The molecule has 0 saturated heterocycles. The largest absolute Gasteiger partial charge is 0.497 e. The predicted molar refractivity (Wildman–Crippen MR) is 56.8 cm³/mol. The Morgan fingerprint density at radius 2 is 1.93 bits per heavy atom. The molecule has 15 heavy (non-hydrogen) atoms. The number of aromatic amines is 1. The molecule has 1 heterocycles. The normalized spacial score (nSPS) is 9.93. The molecule has 0 saturated carbocycles. The zero-order valence-electron chi connectivity index (χ0n) is 8.23. The van der Waals surface area contributed by atoms with Crippen LogP contribution in [0.5, 0.6) is 5.75 Å². The van der Waals surface area contributed by atoms with Gasteiger partial charge >= 0.3 is 5.69 Å². The lowest BCUT2D eigenvalue weighted by molar-refractivity contribution is 0.415. The average Bonchev–Trinajstić information content (AvgIpc) is 2.30. The maximum Gasteiger partial charge on any atom is 0.344 e. The number of aromatic nitrogens is 2. The molecule has 4 nitrogen and oxygen atoms in total. The molecule has 0 atom stereocenters. The first-order chi connectivity index (χ1) is 7.29. The van der Waals surface area contributed by atoms with Gasteiger partial charge in [-0.15, -0.1) is 0 Å². The van der Waals surface area contributed by atoms with Gasteiger partial charge in [-0.2, -0.15) is 0 Å². The van der Waals surface area contributed by atoms with Gasteiger partial charge in [0.1, 0.15) is 5.75 Å². The molecule has 0 spiro atoms. The molecular weight excluding hydrogens is 192 g/mol. The highest BCUT2D eigenvalue weighted by Crippen LogP contribution is 2.19. The van der Waals surface area contributed by atoms with Crippen LogP contribution in [0.25, 0.3) is 11.1 Å². The molecular formula is C11H10N2O2. The minimum atomic E-state index is -0.340. The Morgan fingerprint density at radius 3 is 2.47 bits per heavy atom. The summed E-state index contributed by atoms with van der Waals surface area (Å²) >= 11 is 0. The second-order valence-electron chi connectivity index (χ2n) is 3.04.